The van der Waals surface area contributed by atoms with Crippen LogP contribution in [0.25, 0.3) is 0 Å². The molecule has 0 spiro atoms. The van der Waals surface area contributed by atoms with Crippen molar-refractivity contribution in [2.45, 2.75) is 53.1 Å². The number of rotatable bonds is 7. The Bertz CT molecular complexity index is 524. The fraction of sp³-hybridized carbons (Fsp3) is 0.500. The topological polar surface area (TPSA) is 38.1 Å². The summed E-state index contributed by atoms with van der Waals surface area (Å²) in [7, 11) is 0. The van der Waals surface area contributed by atoms with Gasteiger partial charge in [0, 0.05) is 18.2 Å². The Kier molecular flexibility index (Phi) is 5.57. The first-order chi connectivity index (χ1) is 10.2. The summed E-state index contributed by atoms with van der Waals surface area (Å²) in [5.74, 6) is 1.55. The van der Waals surface area contributed by atoms with Gasteiger partial charge in [-0.15, -0.1) is 0 Å². The van der Waals surface area contributed by atoms with E-state index in [0.29, 0.717) is 12.0 Å². The van der Waals surface area contributed by atoms with Gasteiger partial charge in [-0.3, -0.25) is 0 Å². The maximum atomic E-state index is 5.26. The average Bonchev–Trinajstić information content (AvgIpc) is 2.83. The van der Waals surface area contributed by atoms with Crippen LogP contribution in [0.1, 0.15) is 55.3 Å². The maximum Gasteiger partial charge on any atom is 0.138 e. The van der Waals surface area contributed by atoms with Gasteiger partial charge in [-0.05, 0) is 25.3 Å². The van der Waals surface area contributed by atoms with Crippen LogP contribution in [0.5, 0.6) is 0 Å². The molecule has 21 heavy (non-hydrogen) atoms. The van der Waals surface area contributed by atoms with E-state index in [1.54, 1.807) is 0 Å². The predicted octanol–water partition coefficient (Wildman–Crippen LogP) is 4.56. The van der Waals surface area contributed by atoms with E-state index in [9.17, 15) is 0 Å². The van der Waals surface area contributed by atoms with E-state index in [4.69, 9.17) is 4.52 Å². The molecule has 0 saturated carbocycles. The minimum absolute atomic E-state index is 0.370. The molecule has 2 rings (SSSR count). The van der Waals surface area contributed by atoms with Gasteiger partial charge in [-0.2, -0.15) is 0 Å². The standard InChI is InChI=1S/C18H26N2O/c1-5-15(6-2)18(16-10-8-7-9-11-16)19-12-17-13(3)20-21-14(17)4/h7-11,15,18-19H,5-6,12H2,1-4H3. The van der Waals surface area contributed by atoms with Gasteiger partial charge in [0.15, 0.2) is 0 Å². The highest BCUT2D eigenvalue weighted by atomic mass is 16.5. The van der Waals surface area contributed by atoms with Crippen LogP contribution in [0.3, 0.4) is 0 Å². The monoisotopic (exact) mass is 286 g/mol. The van der Waals surface area contributed by atoms with Gasteiger partial charge in [-0.25, -0.2) is 0 Å². The van der Waals surface area contributed by atoms with Crippen molar-refractivity contribution in [1.82, 2.24) is 10.5 Å². The van der Waals surface area contributed by atoms with E-state index in [1.165, 1.54) is 24.0 Å². The summed E-state index contributed by atoms with van der Waals surface area (Å²) in [6.45, 7) is 9.31. The normalized spacial score (nSPS) is 12.8. The van der Waals surface area contributed by atoms with Gasteiger partial charge < -0.3 is 9.84 Å². The first kappa shape index (κ1) is 15.8. The zero-order valence-corrected chi connectivity index (χ0v) is 13.5. The zero-order valence-electron chi connectivity index (χ0n) is 13.5. The summed E-state index contributed by atoms with van der Waals surface area (Å²) in [6.07, 6.45) is 2.34. The van der Waals surface area contributed by atoms with Gasteiger partial charge in [0.05, 0.1) is 5.69 Å². The second-order valence-electron chi connectivity index (χ2n) is 5.65. The van der Waals surface area contributed by atoms with Crippen molar-refractivity contribution < 1.29 is 4.52 Å². The summed E-state index contributed by atoms with van der Waals surface area (Å²) in [6, 6.07) is 11.1. The SMILES string of the molecule is CCC(CC)C(NCc1c(C)noc1C)c1ccccc1. The lowest BCUT2D eigenvalue weighted by Crippen LogP contribution is -2.28. The fourth-order valence-corrected chi connectivity index (χ4v) is 2.94. The summed E-state index contributed by atoms with van der Waals surface area (Å²) in [4.78, 5) is 0. The van der Waals surface area contributed by atoms with Crippen molar-refractivity contribution >= 4 is 0 Å². The fourth-order valence-electron chi connectivity index (χ4n) is 2.94. The van der Waals surface area contributed by atoms with E-state index in [2.05, 4.69) is 54.7 Å². The van der Waals surface area contributed by atoms with Crippen molar-refractivity contribution in [2.24, 2.45) is 5.92 Å². The molecule has 0 aliphatic carbocycles. The second kappa shape index (κ2) is 7.41. The second-order valence-corrected chi connectivity index (χ2v) is 5.65. The van der Waals surface area contributed by atoms with Crippen LogP contribution in [0, 0.1) is 19.8 Å². The minimum Gasteiger partial charge on any atom is -0.361 e. The highest BCUT2D eigenvalue weighted by Gasteiger charge is 2.21. The minimum atomic E-state index is 0.370. The van der Waals surface area contributed by atoms with Gasteiger partial charge in [-0.1, -0.05) is 62.2 Å². The molecule has 0 saturated heterocycles. The van der Waals surface area contributed by atoms with Crippen LogP contribution in [0.4, 0.5) is 0 Å². The summed E-state index contributed by atoms with van der Waals surface area (Å²) in [5, 5.41) is 7.76. The molecular formula is C18H26N2O. The Morgan fingerprint density at radius 3 is 2.29 bits per heavy atom. The van der Waals surface area contributed by atoms with E-state index >= 15 is 0 Å². The molecule has 0 bridgehead atoms. The third kappa shape index (κ3) is 3.73. The lowest BCUT2D eigenvalue weighted by Gasteiger charge is -2.27. The van der Waals surface area contributed by atoms with Gasteiger partial charge in [0.2, 0.25) is 0 Å². The Balaban J connectivity index is 2.17. The molecule has 3 nitrogen and oxygen atoms in total. The first-order valence-corrected chi connectivity index (χ1v) is 7.87. The zero-order chi connectivity index (χ0) is 15.2. The highest BCUT2D eigenvalue weighted by molar-refractivity contribution is 5.23. The number of benzene rings is 1. The number of nitrogens with one attached hydrogen (secondary N) is 1. The third-order valence-electron chi connectivity index (χ3n) is 4.36. The Hall–Kier alpha value is -1.61. The molecule has 1 aromatic carbocycles. The summed E-state index contributed by atoms with van der Waals surface area (Å²) >= 11 is 0. The molecule has 0 fully saturated rings. The Morgan fingerprint density at radius 1 is 1.10 bits per heavy atom. The third-order valence-corrected chi connectivity index (χ3v) is 4.36. The lowest BCUT2D eigenvalue weighted by molar-refractivity contribution is 0.338. The van der Waals surface area contributed by atoms with E-state index in [-0.39, 0.29) is 0 Å². The first-order valence-electron chi connectivity index (χ1n) is 7.87. The summed E-state index contributed by atoms with van der Waals surface area (Å²) < 4.78 is 5.26. The smallest absolute Gasteiger partial charge is 0.138 e. The summed E-state index contributed by atoms with van der Waals surface area (Å²) in [5.41, 5.74) is 3.52. The van der Waals surface area contributed by atoms with Crippen LogP contribution in [0.2, 0.25) is 0 Å². The van der Waals surface area contributed by atoms with Crippen LogP contribution in [-0.4, -0.2) is 5.16 Å². The molecule has 0 radical (unpaired) electrons. The maximum absolute atomic E-state index is 5.26. The number of aryl methyl sites for hydroxylation is 2. The van der Waals surface area contributed by atoms with Crippen LogP contribution < -0.4 is 5.32 Å². The number of hydrogen-bond acceptors (Lipinski definition) is 3. The molecule has 1 atom stereocenters. The molecule has 3 heteroatoms. The largest absolute Gasteiger partial charge is 0.361 e. The molecule has 0 amide bonds. The van der Waals surface area contributed by atoms with Crippen molar-refractivity contribution in [2.75, 3.05) is 0 Å². The van der Waals surface area contributed by atoms with Crippen molar-refractivity contribution in [3.63, 3.8) is 0 Å². The Morgan fingerprint density at radius 2 is 1.76 bits per heavy atom. The molecule has 1 N–H and O–H groups in total. The van der Waals surface area contributed by atoms with Crippen LogP contribution in [-0.2, 0) is 6.54 Å². The highest BCUT2D eigenvalue weighted by Crippen LogP contribution is 2.28. The van der Waals surface area contributed by atoms with Crippen LogP contribution in [0.15, 0.2) is 34.9 Å². The molecule has 0 aliphatic rings. The molecule has 0 aliphatic heterocycles. The quantitative estimate of drug-likeness (QED) is 0.811. The Labute approximate surface area is 127 Å². The van der Waals surface area contributed by atoms with E-state index < -0.39 is 0 Å². The lowest BCUT2D eigenvalue weighted by atomic mass is 9.88. The van der Waals surface area contributed by atoms with E-state index in [0.717, 1.165) is 18.0 Å². The van der Waals surface area contributed by atoms with Gasteiger partial charge >= 0.3 is 0 Å². The van der Waals surface area contributed by atoms with E-state index in [1.807, 2.05) is 13.8 Å². The molecule has 2 aromatic rings. The molecule has 1 heterocycles. The molecule has 1 unspecified atom stereocenters. The van der Waals surface area contributed by atoms with Crippen LogP contribution >= 0.6 is 0 Å². The van der Waals surface area contributed by atoms with Crippen molar-refractivity contribution in [1.29, 1.82) is 0 Å². The van der Waals surface area contributed by atoms with Gasteiger partial charge in [0.1, 0.15) is 5.76 Å². The number of hydrogen-bond donors (Lipinski definition) is 1. The number of nitrogens with zero attached hydrogens (tertiary/aromatic N) is 1. The molecule has 1 aromatic heterocycles. The number of aromatic nitrogens is 1. The van der Waals surface area contributed by atoms with Crippen molar-refractivity contribution in [3.05, 3.63) is 52.9 Å². The molecular weight excluding hydrogens is 260 g/mol. The predicted molar refractivity (Wildman–Crippen MR) is 86.1 cm³/mol. The van der Waals surface area contributed by atoms with Crippen molar-refractivity contribution in [3.8, 4) is 0 Å². The molecule has 114 valence electrons. The van der Waals surface area contributed by atoms with Gasteiger partial charge in [0.25, 0.3) is 0 Å². The average molecular weight is 286 g/mol.